The molecule has 1 atom stereocenters. The van der Waals surface area contributed by atoms with E-state index in [4.69, 9.17) is 0 Å². The molecule has 7 heteroatoms. The molecule has 2 heterocycles. The number of anilines is 1. The standard InChI is InChI=1S/C21H20N4O3/c1-14-6-5-9-17(10-14)24-13-15(11-19(24)26)22-21(28)18-12-20(27)25(23-18)16-7-3-2-4-8-16/h2-10,12,15,23H,11,13H2,1H3,(H,22,28)/t15-/m1/s1. The highest BCUT2D eigenvalue weighted by Gasteiger charge is 2.32. The van der Waals surface area contributed by atoms with Crippen LogP contribution < -0.4 is 15.8 Å². The Morgan fingerprint density at radius 3 is 2.54 bits per heavy atom. The molecular formula is C21H20N4O3. The second-order valence-electron chi connectivity index (χ2n) is 6.90. The smallest absolute Gasteiger partial charge is 0.271 e. The van der Waals surface area contributed by atoms with Crippen LogP contribution in [0.4, 0.5) is 5.69 Å². The van der Waals surface area contributed by atoms with Gasteiger partial charge in [0.05, 0.1) is 11.7 Å². The first kappa shape index (κ1) is 17.8. The molecular weight excluding hydrogens is 356 g/mol. The molecule has 2 N–H and O–H groups in total. The third-order valence-corrected chi connectivity index (χ3v) is 4.75. The fourth-order valence-corrected chi connectivity index (χ4v) is 3.39. The number of aromatic amines is 1. The maximum absolute atomic E-state index is 12.6. The predicted molar refractivity (Wildman–Crippen MR) is 106 cm³/mol. The van der Waals surface area contributed by atoms with E-state index >= 15 is 0 Å². The van der Waals surface area contributed by atoms with Crippen LogP contribution in [-0.2, 0) is 4.79 Å². The van der Waals surface area contributed by atoms with Crippen molar-refractivity contribution in [1.29, 1.82) is 0 Å². The monoisotopic (exact) mass is 376 g/mol. The summed E-state index contributed by atoms with van der Waals surface area (Å²) in [6.07, 6.45) is 0.226. The second-order valence-corrected chi connectivity index (χ2v) is 6.90. The average molecular weight is 376 g/mol. The quantitative estimate of drug-likeness (QED) is 0.730. The fraction of sp³-hybridized carbons (Fsp3) is 0.190. The molecule has 0 spiro atoms. The Bertz CT molecular complexity index is 1080. The molecule has 0 bridgehead atoms. The van der Waals surface area contributed by atoms with Crippen molar-refractivity contribution in [3.05, 3.63) is 82.3 Å². The van der Waals surface area contributed by atoms with Crippen molar-refractivity contribution >= 4 is 17.5 Å². The van der Waals surface area contributed by atoms with Crippen molar-refractivity contribution in [2.45, 2.75) is 19.4 Å². The number of hydrogen-bond acceptors (Lipinski definition) is 3. The summed E-state index contributed by atoms with van der Waals surface area (Å²) in [7, 11) is 0. The van der Waals surface area contributed by atoms with Gasteiger partial charge in [-0.3, -0.25) is 19.5 Å². The van der Waals surface area contributed by atoms with Crippen LogP contribution >= 0.6 is 0 Å². The van der Waals surface area contributed by atoms with Gasteiger partial charge in [0.15, 0.2) is 0 Å². The van der Waals surface area contributed by atoms with E-state index < -0.39 is 5.91 Å². The molecule has 1 fully saturated rings. The summed E-state index contributed by atoms with van der Waals surface area (Å²) in [5.41, 5.74) is 2.38. The van der Waals surface area contributed by atoms with Crippen molar-refractivity contribution < 1.29 is 9.59 Å². The van der Waals surface area contributed by atoms with Crippen LogP contribution in [0.15, 0.2) is 65.5 Å². The van der Waals surface area contributed by atoms with Gasteiger partial charge in [-0.05, 0) is 36.8 Å². The summed E-state index contributed by atoms with van der Waals surface area (Å²) in [6, 6.07) is 17.7. The van der Waals surface area contributed by atoms with Crippen LogP contribution in [0.5, 0.6) is 0 Å². The number of nitrogens with zero attached hydrogens (tertiary/aromatic N) is 2. The molecule has 4 rings (SSSR count). The Kier molecular flexibility index (Phi) is 4.57. The Morgan fingerprint density at radius 2 is 1.79 bits per heavy atom. The Hall–Kier alpha value is -3.61. The summed E-state index contributed by atoms with van der Waals surface area (Å²) in [5.74, 6) is -0.443. The Morgan fingerprint density at radius 1 is 1.04 bits per heavy atom. The van der Waals surface area contributed by atoms with Crippen molar-refractivity contribution in [1.82, 2.24) is 15.1 Å². The van der Waals surface area contributed by atoms with Crippen molar-refractivity contribution in [2.75, 3.05) is 11.4 Å². The zero-order valence-corrected chi connectivity index (χ0v) is 15.4. The molecule has 28 heavy (non-hydrogen) atoms. The van der Waals surface area contributed by atoms with Gasteiger partial charge in [-0.2, -0.15) is 0 Å². The van der Waals surface area contributed by atoms with Gasteiger partial charge in [0.1, 0.15) is 5.69 Å². The van der Waals surface area contributed by atoms with E-state index in [-0.39, 0.29) is 29.6 Å². The molecule has 142 valence electrons. The van der Waals surface area contributed by atoms with E-state index in [1.165, 1.54) is 10.7 Å². The zero-order chi connectivity index (χ0) is 19.7. The number of aryl methyl sites for hydroxylation is 1. The molecule has 2 aromatic carbocycles. The molecule has 0 aliphatic carbocycles. The third kappa shape index (κ3) is 3.46. The van der Waals surface area contributed by atoms with E-state index in [1.54, 1.807) is 17.0 Å². The lowest BCUT2D eigenvalue weighted by Crippen LogP contribution is -2.37. The SMILES string of the molecule is Cc1cccc(N2C[C@H](NC(=O)c3cc(=O)n(-c4ccccc4)[nH]3)CC2=O)c1. The molecule has 2 amide bonds. The van der Waals surface area contributed by atoms with E-state index in [2.05, 4.69) is 10.4 Å². The Labute approximate surface area is 161 Å². The summed E-state index contributed by atoms with van der Waals surface area (Å²) in [6.45, 7) is 2.37. The van der Waals surface area contributed by atoms with Gasteiger partial charge >= 0.3 is 0 Å². The van der Waals surface area contributed by atoms with E-state index in [0.717, 1.165) is 11.3 Å². The highest BCUT2D eigenvalue weighted by Crippen LogP contribution is 2.22. The molecule has 1 aliphatic rings. The molecule has 1 aromatic heterocycles. The number of aromatic nitrogens is 2. The normalized spacial score (nSPS) is 16.4. The minimum absolute atomic E-state index is 0.0359. The van der Waals surface area contributed by atoms with Gasteiger partial charge in [0.25, 0.3) is 11.5 Å². The molecule has 7 nitrogen and oxygen atoms in total. The summed E-state index contributed by atoms with van der Waals surface area (Å²) >= 11 is 0. The minimum atomic E-state index is -0.407. The van der Waals surface area contributed by atoms with Gasteiger partial charge < -0.3 is 10.2 Å². The van der Waals surface area contributed by atoms with Crippen LogP contribution in [0.3, 0.4) is 0 Å². The van der Waals surface area contributed by atoms with Gasteiger partial charge in [-0.15, -0.1) is 0 Å². The molecule has 0 radical (unpaired) electrons. The molecule has 3 aromatic rings. The summed E-state index contributed by atoms with van der Waals surface area (Å²) in [5, 5.41) is 5.67. The average Bonchev–Trinajstić information content (AvgIpc) is 3.25. The molecule has 1 aliphatic heterocycles. The zero-order valence-electron chi connectivity index (χ0n) is 15.4. The largest absolute Gasteiger partial charge is 0.346 e. The summed E-state index contributed by atoms with van der Waals surface area (Å²) in [4.78, 5) is 38.8. The van der Waals surface area contributed by atoms with Crippen LogP contribution in [0.1, 0.15) is 22.5 Å². The first-order valence-corrected chi connectivity index (χ1v) is 9.06. The van der Waals surface area contributed by atoms with Crippen LogP contribution in [-0.4, -0.2) is 34.2 Å². The number of H-pyrrole nitrogens is 1. The fourth-order valence-electron chi connectivity index (χ4n) is 3.39. The number of nitrogens with one attached hydrogen (secondary N) is 2. The van der Waals surface area contributed by atoms with Gasteiger partial charge in [-0.25, -0.2) is 4.68 Å². The van der Waals surface area contributed by atoms with E-state index in [1.807, 2.05) is 49.4 Å². The van der Waals surface area contributed by atoms with E-state index in [0.29, 0.717) is 12.2 Å². The highest BCUT2D eigenvalue weighted by atomic mass is 16.2. The number of amides is 2. The molecule has 0 unspecified atom stereocenters. The minimum Gasteiger partial charge on any atom is -0.346 e. The number of carbonyl (C=O) groups excluding carboxylic acids is 2. The van der Waals surface area contributed by atoms with Crippen molar-refractivity contribution in [3.8, 4) is 5.69 Å². The number of para-hydroxylation sites is 1. The lowest BCUT2D eigenvalue weighted by atomic mass is 10.2. The lowest BCUT2D eigenvalue weighted by molar-refractivity contribution is -0.117. The van der Waals surface area contributed by atoms with Crippen molar-refractivity contribution in [2.24, 2.45) is 0 Å². The van der Waals surface area contributed by atoms with Crippen LogP contribution in [0.25, 0.3) is 5.69 Å². The number of rotatable bonds is 4. The van der Waals surface area contributed by atoms with Crippen LogP contribution in [0.2, 0.25) is 0 Å². The highest BCUT2D eigenvalue weighted by molar-refractivity contribution is 5.98. The molecule has 0 saturated carbocycles. The van der Waals surface area contributed by atoms with Gasteiger partial charge in [0, 0.05) is 24.7 Å². The predicted octanol–water partition coefficient (Wildman–Crippen LogP) is 2.01. The van der Waals surface area contributed by atoms with Crippen LogP contribution in [0, 0.1) is 6.92 Å². The first-order chi connectivity index (χ1) is 13.5. The first-order valence-electron chi connectivity index (χ1n) is 9.06. The van der Waals surface area contributed by atoms with Gasteiger partial charge in [0.2, 0.25) is 5.91 Å². The van der Waals surface area contributed by atoms with Gasteiger partial charge in [-0.1, -0.05) is 30.3 Å². The lowest BCUT2D eigenvalue weighted by Gasteiger charge is -2.17. The van der Waals surface area contributed by atoms with E-state index in [9.17, 15) is 14.4 Å². The maximum atomic E-state index is 12.6. The number of benzene rings is 2. The molecule has 1 saturated heterocycles. The Balaban J connectivity index is 1.48. The number of hydrogen-bond donors (Lipinski definition) is 2. The number of carbonyl (C=O) groups is 2. The van der Waals surface area contributed by atoms with Crippen molar-refractivity contribution in [3.63, 3.8) is 0 Å². The second kappa shape index (κ2) is 7.19. The summed E-state index contributed by atoms with van der Waals surface area (Å²) < 4.78 is 1.31. The topological polar surface area (TPSA) is 87.2 Å². The third-order valence-electron chi connectivity index (χ3n) is 4.75. The maximum Gasteiger partial charge on any atom is 0.271 e.